The topological polar surface area (TPSA) is 134 Å². The van der Waals surface area contributed by atoms with Crippen LogP contribution < -0.4 is 27.2 Å². The number of nitrogens with one attached hydrogen (secondary N) is 2. The van der Waals surface area contributed by atoms with Crippen molar-refractivity contribution in [1.29, 1.82) is 0 Å². The number of quaternary nitrogens is 1. The van der Waals surface area contributed by atoms with Crippen LogP contribution in [0.5, 0.6) is 0 Å². The second-order valence-corrected chi connectivity index (χ2v) is 6.06. The van der Waals surface area contributed by atoms with Gasteiger partial charge in [0.1, 0.15) is 23.7 Å². The van der Waals surface area contributed by atoms with E-state index in [1.807, 2.05) is 0 Å². The number of hydrogen-bond donors (Lipinski definition) is 3. The highest BCUT2D eigenvalue weighted by Crippen LogP contribution is 2.02. The van der Waals surface area contributed by atoms with E-state index in [2.05, 4.69) is 5.32 Å². The van der Waals surface area contributed by atoms with Crippen LogP contribution in [0.2, 0.25) is 0 Å². The lowest BCUT2D eigenvalue weighted by Crippen LogP contribution is -3.11. The first kappa shape index (κ1) is 19.2. The zero-order valence-corrected chi connectivity index (χ0v) is 14.9. The molecular weight excluding hydrogens is 342 g/mol. The first-order valence-corrected chi connectivity index (χ1v) is 7.91. The van der Waals surface area contributed by atoms with E-state index in [1.165, 1.54) is 20.4 Å². The van der Waals surface area contributed by atoms with Crippen molar-refractivity contribution in [2.24, 2.45) is 14.1 Å². The Morgan fingerprint density at radius 3 is 2.54 bits per heavy atom. The van der Waals surface area contributed by atoms with Gasteiger partial charge in [0, 0.05) is 14.1 Å². The fraction of sp³-hybridized carbons (Fsp3) is 0.375. The van der Waals surface area contributed by atoms with Gasteiger partial charge in [0.05, 0.1) is 19.9 Å². The number of carbonyl (C=O) groups excluding carboxylic acids is 2. The zero-order chi connectivity index (χ0) is 19.4. The lowest BCUT2D eigenvalue weighted by molar-refractivity contribution is -0.862. The van der Waals surface area contributed by atoms with Crippen LogP contribution in [0.3, 0.4) is 0 Å². The first-order valence-electron chi connectivity index (χ1n) is 7.91. The van der Waals surface area contributed by atoms with Crippen molar-refractivity contribution in [3.8, 4) is 0 Å². The van der Waals surface area contributed by atoms with Gasteiger partial charge in [-0.2, -0.15) is 0 Å². The van der Waals surface area contributed by atoms with Gasteiger partial charge < -0.3 is 20.4 Å². The Labute approximate surface area is 148 Å². The summed E-state index contributed by atoms with van der Waals surface area (Å²) >= 11 is 0. The van der Waals surface area contributed by atoms with E-state index in [4.69, 9.17) is 10.2 Å². The molecule has 2 aromatic heterocycles. The summed E-state index contributed by atoms with van der Waals surface area (Å²) in [4.78, 5) is 48.9. The number of ketones is 1. The summed E-state index contributed by atoms with van der Waals surface area (Å²) in [5, 5.41) is 2.68. The van der Waals surface area contributed by atoms with Gasteiger partial charge in [-0.3, -0.25) is 23.5 Å². The number of anilines is 1. The minimum atomic E-state index is -0.745. The lowest BCUT2D eigenvalue weighted by atomic mass is 10.2. The van der Waals surface area contributed by atoms with Crippen LogP contribution in [0.15, 0.2) is 32.4 Å². The van der Waals surface area contributed by atoms with E-state index in [0.717, 1.165) is 9.13 Å². The molecule has 2 aromatic rings. The molecule has 0 radical (unpaired) electrons. The zero-order valence-electron chi connectivity index (χ0n) is 14.9. The molecule has 4 N–H and O–H groups in total. The standard InChI is InChI=1S/C16H21N5O5/c1-19(9-12(23)18-7-10-5-4-6-26-10)8-11(22)13-14(17)20(2)16(25)21(3)15(13)24/h4-6H,7-9,17H2,1-3H3,(H,18,23)/p+1. The largest absolute Gasteiger partial charge is 0.467 e. The first-order chi connectivity index (χ1) is 12.2. The van der Waals surface area contributed by atoms with Crippen LogP contribution in [-0.4, -0.2) is 41.0 Å². The van der Waals surface area contributed by atoms with E-state index < -0.39 is 17.0 Å². The molecule has 0 bridgehead atoms. The number of amides is 1. The van der Waals surface area contributed by atoms with E-state index in [0.29, 0.717) is 10.7 Å². The minimum absolute atomic E-state index is 0.0262. The Hall–Kier alpha value is -3.14. The van der Waals surface area contributed by atoms with Gasteiger partial charge in [-0.1, -0.05) is 0 Å². The van der Waals surface area contributed by atoms with Gasteiger partial charge in [-0.05, 0) is 12.1 Å². The number of likely N-dealkylation sites (N-methyl/N-ethyl adjacent to an activating group) is 1. The van der Waals surface area contributed by atoms with Gasteiger partial charge in [0.15, 0.2) is 6.54 Å². The molecule has 0 aliphatic rings. The molecule has 0 saturated heterocycles. The van der Waals surface area contributed by atoms with Crippen LogP contribution >= 0.6 is 0 Å². The Bertz CT molecular complexity index is 926. The predicted octanol–water partition coefficient (Wildman–Crippen LogP) is -2.73. The molecule has 2 heterocycles. The second kappa shape index (κ2) is 7.83. The predicted molar refractivity (Wildman–Crippen MR) is 92.8 cm³/mol. The summed E-state index contributed by atoms with van der Waals surface area (Å²) in [5.41, 5.74) is 4.16. The van der Waals surface area contributed by atoms with Crippen LogP contribution in [0, 0.1) is 0 Å². The number of hydrogen-bond acceptors (Lipinski definition) is 6. The molecule has 1 unspecified atom stereocenters. The summed E-state index contributed by atoms with van der Waals surface area (Å²) < 4.78 is 6.99. The average molecular weight is 364 g/mol. The van der Waals surface area contributed by atoms with Crippen molar-refractivity contribution in [3.63, 3.8) is 0 Å². The number of Topliss-reactive ketones (excluding diaryl/α,β-unsaturated/α-hetero) is 1. The molecular formula is C16H22N5O5+. The van der Waals surface area contributed by atoms with Gasteiger partial charge >= 0.3 is 5.69 Å². The maximum absolute atomic E-state index is 12.5. The Morgan fingerprint density at radius 1 is 1.23 bits per heavy atom. The van der Waals surface area contributed by atoms with E-state index in [9.17, 15) is 19.2 Å². The molecule has 0 aliphatic carbocycles. The summed E-state index contributed by atoms with van der Waals surface area (Å²) in [6.07, 6.45) is 1.51. The highest BCUT2D eigenvalue weighted by molar-refractivity contribution is 6.00. The van der Waals surface area contributed by atoms with Crippen molar-refractivity contribution in [3.05, 3.63) is 50.6 Å². The average Bonchev–Trinajstić information content (AvgIpc) is 3.10. The number of rotatable bonds is 7. The van der Waals surface area contributed by atoms with Gasteiger partial charge in [0.25, 0.3) is 11.5 Å². The SMILES string of the molecule is Cn1c(N)c(C(=O)C[NH+](C)CC(=O)NCc2ccco2)c(=O)n(C)c1=O. The van der Waals surface area contributed by atoms with Crippen LogP contribution in [0.25, 0.3) is 0 Å². The van der Waals surface area contributed by atoms with E-state index >= 15 is 0 Å². The molecule has 10 nitrogen and oxygen atoms in total. The summed E-state index contributed by atoms with van der Waals surface area (Å²) in [5.74, 6) is -0.366. The van der Waals surface area contributed by atoms with Crippen LogP contribution in [0.1, 0.15) is 16.1 Å². The molecule has 0 fully saturated rings. The molecule has 10 heteroatoms. The van der Waals surface area contributed by atoms with Crippen LogP contribution in [-0.2, 0) is 25.4 Å². The van der Waals surface area contributed by atoms with E-state index in [-0.39, 0.29) is 36.9 Å². The third kappa shape index (κ3) is 4.09. The smallest absolute Gasteiger partial charge is 0.332 e. The molecule has 1 amide bonds. The molecule has 2 rings (SSSR count). The third-order valence-corrected chi connectivity index (χ3v) is 3.95. The van der Waals surface area contributed by atoms with Crippen molar-refractivity contribution in [2.45, 2.75) is 6.54 Å². The van der Waals surface area contributed by atoms with Crippen molar-refractivity contribution < 1.29 is 18.9 Å². The number of aromatic nitrogens is 2. The lowest BCUT2D eigenvalue weighted by Gasteiger charge is -2.14. The van der Waals surface area contributed by atoms with E-state index in [1.54, 1.807) is 19.2 Å². The Balaban J connectivity index is 2.02. The van der Waals surface area contributed by atoms with Crippen LogP contribution in [0.4, 0.5) is 5.82 Å². The fourth-order valence-corrected chi connectivity index (χ4v) is 2.48. The normalized spacial score (nSPS) is 12.0. The molecule has 0 saturated carbocycles. The molecule has 0 spiro atoms. The van der Waals surface area contributed by atoms with Crippen molar-refractivity contribution >= 4 is 17.5 Å². The Morgan fingerprint density at radius 2 is 1.92 bits per heavy atom. The minimum Gasteiger partial charge on any atom is -0.467 e. The maximum Gasteiger partial charge on any atom is 0.332 e. The number of carbonyl (C=O) groups is 2. The maximum atomic E-state index is 12.5. The van der Waals surface area contributed by atoms with Gasteiger partial charge in [0.2, 0.25) is 5.78 Å². The number of nitrogens with two attached hydrogens (primary N) is 1. The van der Waals surface area contributed by atoms with Gasteiger partial charge in [-0.15, -0.1) is 0 Å². The second-order valence-electron chi connectivity index (χ2n) is 6.06. The van der Waals surface area contributed by atoms with Crippen molar-refractivity contribution in [1.82, 2.24) is 14.5 Å². The number of furan rings is 1. The monoisotopic (exact) mass is 364 g/mol. The number of nitrogen functional groups attached to an aromatic ring is 1. The summed E-state index contributed by atoms with van der Waals surface area (Å²) in [6.45, 7) is 0.158. The quantitative estimate of drug-likeness (QED) is 0.457. The molecule has 1 atom stereocenters. The highest BCUT2D eigenvalue weighted by Gasteiger charge is 2.23. The molecule has 0 aromatic carbocycles. The Kier molecular flexibility index (Phi) is 5.78. The molecule has 140 valence electrons. The summed E-state index contributed by atoms with van der Waals surface area (Å²) in [7, 11) is 4.30. The van der Waals surface area contributed by atoms with Gasteiger partial charge in [-0.25, -0.2) is 4.79 Å². The molecule has 26 heavy (non-hydrogen) atoms. The summed E-state index contributed by atoms with van der Waals surface area (Å²) in [6, 6.07) is 3.45. The fourth-order valence-electron chi connectivity index (χ4n) is 2.48. The number of nitrogens with zero attached hydrogens (tertiary/aromatic N) is 2. The van der Waals surface area contributed by atoms with Crippen molar-refractivity contribution in [2.75, 3.05) is 25.9 Å². The molecule has 0 aliphatic heterocycles. The highest BCUT2D eigenvalue weighted by atomic mass is 16.3. The third-order valence-electron chi connectivity index (χ3n) is 3.95.